The van der Waals surface area contributed by atoms with Gasteiger partial charge in [-0.3, -0.25) is 0 Å². The van der Waals surface area contributed by atoms with E-state index >= 15 is 0 Å². The summed E-state index contributed by atoms with van der Waals surface area (Å²) in [6.45, 7) is 5.93. The molecule has 1 N–H and O–H groups in total. The maximum Gasteiger partial charge on any atom is 0.137 e. The van der Waals surface area contributed by atoms with Gasteiger partial charge in [-0.15, -0.1) is 0 Å². The topological polar surface area (TPSA) is 50.3 Å². The second kappa shape index (κ2) is 6.88. The second-order valence-corrected chi connectivity index (χ2v) is 5.41. The van der Waals surface area contributed by atoms with Gasteiger partial charge >= 0.3 is 0 Å². The fourth-order valence-corrected chi connectivity index (χ4v) is 2.67. The van der Waals surface area contributed by atoms with Gasteiger partial charge in [0.25, 0.3) is 0 Å². The molecule has 0 aliphatic carbocycles. The number of ether oxygens (including phenoxy) is 1. The minimum absolute atomic E-state index is 0.325. The number of hydrogen-bond donors (Lipinski definition) is 1. The lowest BCUT2D eigenvalue weighted by Crippen LogP contribution is -2.34. The van der Waals surface area contributed by atoms with Gasteiger partial charge in [-0.2, -0.15) is 0 Å². The molecule has 2 heterocycles. The van der Waals surface area contributed by atoms with E-state index < -0.39 is 0 Å². The van der Waals surface area contributed by atoms with Crippen molar-refractivity contribution in [3.63, 3.8) is 0 Å². The van der Waals surface area contributed by atoms with Crippen molar-refractivity contribution in [2.45, 2.75) is 45.6 Å². The Kier molecular flexibility index (Phi) is 5.17. The quantitative estimate of drug-likeness (QED) is 0.896. The predicted molar refractivity (Wildman–Crippen MR) is 82.6 cm³/mol. The summed E-state index contributed by atoms with van der Waals surface area (Å²) in [5.74, 6) is 2.81. The first kappa shape index (κ1) is 15.0. The Morgan fingerprint density at radius 1 is 1.35 bits per heavy atom. The maximum atomic E-state index is 5.82. The van der Waals surface area contributed by atoms with Gasteiger partial charge in [-0.05, 0) is 26.2 Å². The van der Waals surface area contributed by atoms with Crippen molar-refractivity contribution in [1.29, 1.82) is 0 Å². The van der Waals surface area contributed by atoms with Gasteiger partial charge in [0.2, 0.25) is 0 Å². The average Bonchev–Trinajstić information content (AvgIpc) is 2.48. The number of hydrogen-bond acceptors (Lipinski definition) is 5. The van der Waals surface area contributed by atoms with Crippen LogP contribution in [0.5, 0.6) is 0 Å². The van der Waals surface area contributed by atoms with E-state index in [1.165, 1.54) is 12.8 Å². The molecule has 2 rings (SSSR count). The Morgan fingerprint density at radius 3 is 2.75 bits per heavy atom. The summed E-state index contributed by atoms with van der Waals surface area (Å²) in [6, 6.07) is 0. The third-order valence-electron chi connectivity index (χ3n) is 3.83. The fraction of sp³-hybridized carbons (Fsp3) is 0.733. The molecule has 1 aromatic rings. The molecule has 0 amide bonds. The number of rotatable bonds is 5. The molecule has 0 spiro atoms. The van der Waals surface area contributed by atoms with Gasteiger partial charge in [-0.25, -0.2) is 9.97 Å². The molecule has 112 valence electrons. The van der Waals surface area contributed by atoms with E-state index in [9.17, 15) is 0 Å². The summed E-state index contributed by atoms with van der Waals surface area (Å²) in [4.78, 5) is 11.4. The molecular formula is C15H26N4O. The fourth-order valence-electron chi connectivity index (χ4n) is 2.67. The standard InChI is InChI=1S/C15H26N4O/c1-5-13-17-14(16-3)11(2)15(18-13)19(4)10-12-8-6-7-9-20-12/h12H,5-10H2,1-4H3,(H,16,17,18). The van der Waals surface area contributed by atoms with Crippen LogP contribution >= 0.6 is 0 Å². The lowest BCUT2D eigenvalue weighted by Gasteiger charge is -2.29. The molecule has 0 bridgehead atoms. The van der Waals surface area contributed by atoms with Crippen LogP contribution < -0.4 is 10.2 Å². The molecule has 1 unspecified atom stereocenters. The normalized spacial score (nSPS) is 18.9. The van der Waals surface area contributed by atoms with Crippen molar-refractivity contribution in [1.82, 2.24) is 9.97 Å². The largest absolute Gasteiger partial charge is 0.376 e. The van der Waals surface area contributed by atoms with Crippen molar-refractivity contribution < 1.29 is 4.74 Å². The highest BCUT2D eigenvalue weighted by Gasteiger charge is 2.19. The Hall–Kier alpha value is -1.36. The molecule has 0 saturated carbocycles. The zero-order valence-corrected chi connectivity index (χ0v) is 13.1. The minimum Gasteiger partial charge on any atom is -0.376 e. The summed E-state index contributed by atoms with van der Waals surface area (Å²) in [7, 11) is 4.00. The summed E-state index contributed by atoms with van der Waals surface area (Å²) < 4.78 is 5.82. The second-order valence-electron chi connectivity index (χ2n) is 5.41. The molecule has 0 radical (unpaired) electrons. The molecule has 1 saturated heterocycles. The van der Waals surface area contributed by atoms with Crippen LogP contribution in [0, 0.1) is 6.92 Å². The van der Waals surface area contributed by atoms with Crippen LogP contribution in [-0.4, -0.2) is 43.3 Å². The smallest absolute Gasteiger partial charge is 0.137 e. The summed E-state index contributed by atoms with van der Waals surface area (Å²) in [5.41, 5.74) is 1.10. The highest BCUT2D eigenvalue weighted by atomic mass is 16.5. The molecule has 1 atom stereocenters. The molecule has 1 aliphatic rings. The third-order valence-corrected chi connectivity index (χ3v) is 3.83. The third kappa shape index (κ3) is 3.39. The lowest BCUT2D eigenvalue weighted by atomic mass is 10.1. The Bertz CT molecular complexity index is 444. The van der Waals surface area contributed by atoms with Crippen LogP contribution in [0.4, 0.5) is 11.6 Å². The van der Waals surface area contributed by atoms with E-state index in [4.69, 9.17) is 4.74 Å². The van der Waals surface area contributed by atoms with E-state index in [0.29, 0.717) is 6.10 Å². The molecule has 5 nitrogen and oxygen atoms in total. The van der Waals surface area contributed by atoms with Gasteiger partial charge in [0.05, 0.1) is 6.10 Å². The average molecular weight is 278 g/mol. The van der Waals surface area contributed by atoms with E-state index in [0.717, 1.165) is 49.0 Å². The van der Waals surface area contributed by atoms with E-state index in [-0.39, 0.29) is 0 Å². The zero-order chi connectivity index (χ0) is 14.5. The Morgan fingerprint density at radius 2 is 2.15 bits per heavy atom. The monoisotopic (exact) mass is 278 g/mol. The molecular weight excluding hydrogens is 252 g/mol. The lowest BCUT2D eigenvalue weighted by molar-refractivity contribution is 0.0215. The maximum absolute atomic E-state index is 5.82. The van der Waals surface area contributed by atoms with Crippen LogP contribution in [0.15, 0.2) is 0 Å². The van der Waals surface area contributed by atoms with Gasteiger partial charge in [0.1, 0.15) is 17.5 Å². The van der Waals surface area contributed by atoms with E-state index in [2.05, 4.69) is 41.1 Å². The number of nitrogens with one attached hydrogen (secondary N) is 1. The highest BCUT2D eigenvalue weighted by Crippen LogP contribution is 2.24. The Labute approximate surface area is 121 Å². The summed E-state index contributed by atoms with van der Waals surface area (Å²) in [5, 5.41) is 3.16. The summed E-state index contributed by atoms with van der Waals surface area (Å²) >= 11 is 0. The number of aryl methyl sites for hydroxylation is 1. The van der Waals surface area contributed by atoms with Gasteiger partial charge in [-0.1, -0.05) is 6.92 Å². The van der Waals surface area contributed by atoms with E-state index in [1.807, 2.05) is 7.05 Å². The van der Waals surface area contributed by atoms with Gasteiger partial charge in [0.15, 0.2) is 0 Å². The molecule has 1 aromatic heterocycles. The number of nitrogens with zero attached hydrogens (tertiary/aromatic N) is 3. The zero-order valence-electron chi connectivity index (χ0n) is 13.1. The minimum atomic E-state index is 0.325. The van der Waals surface area contributed by atoms with Crippen molar-refractivity contribution in [3.8, 4) is 0 Å². The first-order valence-electron chi connectivity index (χ1n) is 7.53. The molecule has 1 aliphatic heterocycles. The van der Waals surface area contributed by atoms with Crippen LogP contribution in [0.3, 0.4) is 0 Å². The molecule has 5 heteroatoms. The first-order chi connectivity index (χ1) is 9.65. The van der Waals surface area contributed by atoms with Crippen LogP contribution in [0.25, 0.3) is 0 Å². The van der Waals surface area contributed by atoms with Gasteiger partial charge in [0, 0.05) is 39.2 Å². The van der Waals surface area contributed by atoms with Crippen LogP contribution in [-0.2, 0) is 11.2 Å². The van der Waals surface area contributed by atoms with E-state index in [1.54, 1.807) is 0 Å². The highest BCUT2D eigenvalue weighted by molar-refractivity contribution is 5.58. The SMILES string of the molecule is CCc1nc(NC)c(C)c(N(C)CC2CCCCO2)n1. The first-order valence-corrected chi connectivity index (χ1v) is 7.53. The number of aromatic nitrogens is 2. The van der Waals surface area contributed by atoms with Crippen molar-refractivity contribution >= 4 is 11.6 Å². The van der Waals surface area contributed by atoms with Crippen molar-refractivity contribution in [2.75, 3.05) is 37.5 Å². The summed E-state index contributed by atoms with van der Waals surface area (Å²) in [6.07, 6.45) is 4.77. The predicted octanol–water partition coefficient (Wildman–Crippen LogP) is 2.39. The Balaban J connectivity index is 2.16. The molecule has 0 aromatic carbocycles. The number of anilines is 2. The molecule has 1 fully saturated rings. The van der Waals surface area contributed by atoms with Crippen molar-refractivity contribution in [3.05, 3.63) is 11.4 Å². The van der Waals surface area contributed by atoms with Crippen LogP contribution in [0.2, 0.25) is 0 Å². The van der Waals surface area contributed by atoms with Crippen LogP contribution in [0.1, 0.15) is 37.6 Å². The van der Waals surface area contributed by atoms with Crippen molar-refractivity contribution in [2.24, 2.45) is 0 Å². The molecule has 20 heavy (non-hydrogen) atoms. The van der Waals surface area contributed by atoms with Gasteiger partial charge < -0.3 is 15.0 Å². The number of likely N-dealkylation sites (N-methyl/N-ethyl adjacent to an activating group) is 1.